The minimum atomic E-state index is -0.512. The molecule has 2 amide bonds. The van der Waals surface area contributed by atoms with E-state index in [4.69, 9.17) is 4.74 Å². The zero-order valence-corrected chi connectivity index (χ0v) is 18.5. The molecule has 31 heavy (non-hydrogen) atoms. The van der Waals surface area contributed by atoms with Crippen LogP contribution in [0.15, 0.2) is 30.3 Å². The van der Waals surface area contributed by atoms with Gasteiger partial charge >= 0.3 is 6.09 Å². The van der Waals surface area contributed by atoms with Crippen LogP contribution in [-0.2, 0) is 4.74 Å². The van der Waals surface area contributed by atoms with E-state index in [0.717, 1.165) is 37.1 Å². The van der Waals surface area contributed by atoms with E-state index < -0.39 is 5.60 Å². The molecule has 0 aliphatic heterocycles. The van der Waals surface area contributed by atoms with Crippen molar-refractivity contribution in [3.63, 3.8) is 0 Å². The number of para-hydroxylation sites is 1. The van der Waals surface area contributed by atoms with Crippen molar-refractivity contribution in [3.8, 4) is 5.69 Å². The third-order valence-electron chi connectivity index (χ3n) is 5.36. The lowest BCUT2D eigenvalue weighted by molar-refractivity contribution is 0.0232. The number of ether oxygens (including phenoxy) is 1. The molecule has 0 bridgehead atoms. The van der Waals surface area contributed by atoms with Gasteiger partial charge in [0, 0.05) is 25.0 Å². The maximum atomic E-state index is 12.8. The minimum Gasteiger partial charge on any atom is -0.444 e. The first-order valence-corrected chi connectivity index (χ1v) is 11.1. The molecule has 0 unspecified atom stereocenters. The average molecular weight is 426 g/mol. The van der Waals surface area contributed by atoms with Crippen LogP contribution in [0.1, 0.15) is 75.0 Å². The molecular weight excluding hydrogens is 394 g/mol. The van der Waals surface area contributed by atoms with Crippen LogP contribution in [0.2, 0.25) is 0 Å². The standard InChI is InChI=1S/C23H31N5O3/c1-23(2,3)31-22(30)27(17-12-13-17)15-7-14-24-21(29)19-20(16-10-11-16)28(26-25-19)18-8-5-4-6-9-18/h4-6,8-9,16-17H,7,10-15H2,1-3H3,(H,24,29). The van der Waals surface area contributed by atoms with Crippen LogP contribution in [0.5, 0.6) is 0 Å². The van der Waals surface area contributed by atoms with Crippen LogP contribution in [-0.4, -0.2) is 56.6 Å². The van der Waals surface area contributed by atoms with Gasteiger partial charge in [0.25, 0.3) is 5.91 Å². The molecule has 2 aliphatic carbocycles. The van der Waals surface area contributed by atoms with E-state index in [2.05, 4.69) is 15.6 Å². The van der Waals surface area contributed by atoms with E-state index in [0.29, 0.717) is 31.1 Å². The summed E-state index contributed by atoms with van der Waals surface area (Å²) in [5, 5.41) is 11.4. The molecule has 0 saturated heterocycles. The number of carbonyl (C=O) groups is 2. The Balaban J connectivity index is 1.34. The molecule has 0 spiro atoms. The Bertz CT molecular complexity index is 926. The van der Waals surface area contributed by atoms with Gasteiger partial charge in [0.05, 0.1) is 11.4 Å². The van der Waals surface area contributed by atoms with Crippen LogP contribution >= 0.6 is 0 Å². The van der Waals surface area contributed by atoms with Gasteiger partial charge in [0.15, 0.2) is 5.69 Å². The highest BCUT2D eigenvalue weighted by atomic mass is 16.6. The van der Waals surface area contributed by atoms with E-state index in [1.54, 1.807) is 9.58 Å². The first-order valence-electron chi connectivity index (χ1n) is 11.1. The van der Waals surface area contributed by atoms with E-state index in [-0.39, 0.29) is 18.0 Å². The molecule has 8 heteroatoms. The number of hydrogen-bond donors (Lipinski definition) is 1. The zero-order chi connectivity index (χ0) is 22.0. The molecular formula is C23H31N5O3. The molecule has 1 aromatic heterocycles. The Hall–Kier alpha value is -2.90. The fraction of sp³-hybridized carbons (Fsp3) is 0.565. The monoisotopic (exact) mass is 425 g/mol. The summed E-state index contributed by atoms with van der Waals surface area (Å²) in [6, 6.07) is 10.0. The molecule has 1 heterocycles. The van der Waals surface area contributed by atoms with Gasteiger partial charge in [-0.15, -0.1) is 5.10 Å². The molecule has 2 aromatic rings. The second-order valence-electron chi connectivity index (χ2n) is 9.36. The Labute approximate surface area is 182 Å². The van der Waals surface area contributed by atoms with Crippen molar-refractivity contribution in [2.45, 2.75) is 70.4 Å². The summed E-state index contributed by atoms with van der Waals surface area (Å²) in [6.45, 7) is 6.64. The van der Waals surface area contributed by atoms with Gasteiger partial charge in [-0.2, -0.15) is 0 Å². The van der Waals surface area contributed by atoms with Crippen LogP contribution in [0.3, 0.4) is 0 Å². The zero-order valence-electron chi connectivity index (χ0n) is 18.5. The number of amides is 2. The van der Waals surface area contributed by atoms with Gasteiger partial charge in [-0.1, -0.05) is 23.4 Å². The van der Waals surface area contributed by atoms with Gasteiger partial charge in [-0.05, 0) is 65.0 Å². The first-order chi connectivity index (χ1) is 14.8. The van der Waals surface area contributed by atoms with Crippen molar-refractivity contribution in [2.75, 3.05) is 13.1 Å². The van der Waals surface area contributed by atoms with E-state index >= 15 is 0 Å². The molecule has 2 aliphatic rings. The fourth-order valence-electron chi connectivity index (χ4n) is 3.60. The minimum absolute atomic E-state index is 0.209. The smallest absolute Gasteiger partial charge is 0.410 e. The quantitative estimate of drug-likeness (QED) is 0.652. The molecule has 0 radical (unpaired) electrons. The molecule has 2 saturated carbocycles. The van der Waals surface area contributed by atoms with Gasteiger partial charge in [0.2, 0.25) is 0 Å². The van der Waals surface area contributed by atoms with Gasteiger partial charge < -0.3 is 15.0 Å². The molecule has 1 aromatic carbocycles. The second-order valence-corrected chi connectivity index (χ2v) is 9.36. The maximum Gasteiger partial charge on any atom is 0.410 e. The molecule has 0 atom stereocenters. The lowest BCUT2D eigenvalue weighted by Gasteiger charge is -2.27. The van der Waals surface area contributed by atoms with Gasteiger partial charge in [-0.3, -0.25) is 4.79 Å². The number of aromatic nitrogens is 3. The normalized spacial score (nSPS) is 16.1. The lowest BCUT2D eigenvalue weighted by atomic mass is 10.2. The Morgan fingerprint density at radius 3 is 2.48 bits per heavy atom. The summed E-state index contributed by atoms with van der Waals surface area (Å²) in [7, 11) is 0. The topological polar surface area (TPSA) is 89.3 Å². The third kappa shape index (κ3) is 5.42. The molecule has 166 valence electrons. The summed E-state index contributed by atoms with van der Waals surface area (Å²) < 4.78 is 7.30. The molecule has 8 nitrogen and oxygen atoms in total. The number of nitrogens with zero attached hydrogens (tertiary/aromatic N) is 4. The number of benzene rings is 1. The Kier molecular flexibility index (Phi) is 5.98. The predicted octanol–water partition coefficient (Wildman–Crippen LogP) is 3.66. The van der Waals surface area contributed by atoms with Crippen molar-refractivity contribution in [2.24, 2.45) is 0 Å². The van der Waals surface area contributed by atoms with Crippen molar-refractivity contribution in [3.05, 3.63) is 41.7 Å². The van der Waals surface area contributed by atoms with Gasteiger partial charge in [0.1, 0.15) is 5.60 Å². The third-order valence-corrected chi connectivity index (χ3v) is 5.36. The van der Waals surface area contributed by atoms with Crippen LogP contribution in [0.25, 0.3) is 5.69 Å². The SMILES string of the molecule is CC(C)(C)OC(=O)N(CCCNC(=O)c1nnn(-c2ccccc2)c1C1CC1)C1CC1. The maximum absolute atomic E-state index is 12.8. The van der Waals surface area contributed by atoms with Crippen molar-refractivity contribution >= 4 is 12.0 Å². The second kappa shape index (κ2) is 8.69. The molecule has 2 fully saturated rings. The number of nitrogens with one attached hydrogen (secondary N) is 1. The predicted molar refractivity (Wildman–Crippen MR) is 116 cm³/mol. The van der Waals surface area contributed by atoms with E-state index in [1.165, 1.54) is 0 Å². The Morgan fingerprint density at radius 2 is 1.87 bits per heavy atom. The van der Waals surface area contributed by atoms with Gasteiger partial charge in [-0.25, -0.2) is 9.48 Å². The number of rotatable bonds is 8. The van der Waals surface area contributed by atoms with Crippen LogP contribution in [0.4, 0.5) is 4.79 Å². The number of carbonyl (C=O) groups excluding carboxylic acids is 2. The fourth-order valence-corrected chi connectivity index (χ4v) is 3.60. The summed E-state index contributed by atoms with van der Waals surface area (Å²) in [4.78, 5) is 27.1. The van der Waals surface area contributed by atoms with Crippen LogP contribution < -0.4 is 5.32 Å². The highest BCUT2D eigenvalue weighted by Gasteiger charge is 2.36. The largest absolute Gasteiger partial charge is 0.444 e. The highest BCUT2D eigenvalue weighted by molar-refractivity contribution is 5.93. The lowest BCUT2D eigenvalue weighted by Crippen LogP contribution is -2.40. The molecule has 4 rings (SSSR count). The highest BCUT2D eigenvalue weighted by Crippen LogP contribution is 2.41. The molecule has 1 N–H and O–H groups in total. The van der Waals surface area contributed by atoms with Crippen molar-refractivity contribution in [1.82, 2.24) is 25.2 Å². The summed E-state index contributed by atoms with van der Waals surface area (Å²) in [5.74, 6) is 0.118. The van der Waals surface area contributed by atoms with Crippen LogP contribution in [0, 0.1) is 0 Å². The summed E-state index contributed by atoms with van der Waals surface area (Å²) in [5.41, 5.74) is 1.69. The number of hydrogen-bond acceptors (Lipinski definition) is 5. The summed E-state index contributed by atoms with van der Waals surface area (Å²) >= 11 is 0. The average Bonchev–Trinajstić information content (AvgIpc) is 3.65. The van der Waals surface area contributed by atoms with Crippen molar-refractivity contribution in [1.29, 1.82) is 0 Å². The van der Waals surface area contributed by atoms with E-state index in [1.807, 2.05) is 51.1 Å². The summed E-state index contributed by atoms with van der Waals surface area (Å²) in [6.07, 6.45) is 4.51. The van der Waals surface area contributed by atoms with E-state index in [9.17, 15) is 9.59 Å². The van der Waals surface area contributed by atoms with Crippen molar-refractivity contribution < 1.29 is 14.3 Å². The Morgan fingerprint density at radius 1 is 1.16 bits per heavy atom. The first kappa shape index (κ1) is 21.3.